The molecule has 0 N–H and O–H groups in total. The molecule has 2 aliphatic carbocycles. The van der Waals surface area contributed by atoms with Crippen LogP contribution in [0.4, 0.5) is 17.6 Å². The highest BCUT2D eigenvalue weighted by Crippen LogP contribution is 2.46. The first kappa shape index (κ1) is 14.5. The summed E-state index contributed by atoms with van der Waals surface area (Å²) in [6.07, 6.45) is -0.307. The van der Waals surface area contributed by atoms with Crippen LogP contribution >= 0.6 is 0 Å². The van der Waals surface area contributed by atoms with Crippen LogP contribution < -0.4 is 9.47 Å². The van der Waals surface area contributed by atoms with E-state index in [2.05, 4.69) is 4.74 Å². The van der Waals surface area contributed by atoms with Gasteiger partial charge in [-0.05, 0) is 42.7 Å². The van der Waals surface area contributed by atoms with E-state index in [1.165, 1.54) is 12.1 Å². The summed E-state index contributed by atoms with van der Waals surface area (Å²) in [7, 11) is 0. The Balaban J connectivity index is 1.79. The van der Waals surface area contributed by atoms with E-state index in [0.717, 1.165) is 32.1 Å². The maximum absolute atomic E-state index is 14.2. The van der Waals surface area contributed by atoms with E-state index in [1.807, 2.05) is 0 Å². The molecule has 2 aliphatic rings. The van der Waals surface area contributed by atoms with Crippen molar-refractivity contribution in [3.05, 3.63) is 23.5 Å². The first-order valence-electron chi connectivity index (χ1n) is 7.15. The molecule has 116 valence electrons. The predicted octanol–water partition coefficient (Wildman–Crippen LogP) is 4.78. The zero-order chi connectivity index (χ0) is 15.0. The van der Waals surface area contributed by atoms with E-state index in [0.29, 0.717) is 5.92 Å². The molecule has 0 amide bonds. The fraction of sp³-hybridized carbons (Fsp3) is 0.600. The van der Waals surface area contributed by atoms with Gasteiger partial charge in [0, 0.05) is 0 Å². The third-order valence-electron chi connectivity index (χ3n) is 3.81. The molecule has 0 aliphatic heterocycles. The van der Waals surface area contributed by atoms with E-state index in [4.69, 9.17) is 4.74 Å². The minimum atomic E-state index is -4.93. The molecule has 21 heavy (non-hydrogen) atoms. The molecule has 2 fully saturated rings. The Bertz CT molecular complexity index is 519. The smallest absolute Gasteiger partial charge is 0.490 e. The molecule has 1 aromatic carbocycles. The normalized spacial score (nSPS) is 18.7. The molecular formula is C15H16F4O2. The molecule has 3 rings (SSSR count). The molecular weight excluding hydrogens is 288 g/mol. The van der Waals surface area contributed by atoms with Crippen LogP contribution in [-0.2, 0) is 0 Å². The van der Waals surface area contributed by atoms with Crippen molar-refractivity contribution >= 4 is 0 Å². The van der Waals surface area contributed by atoms with Gasteiger partial charge in [-0.2, -0.15) is 0 Å². The van der Waals surface area contributed by atoms with Gasteiger partial charge in [-0.15, -0.1) is 13.2 Å². The van der Waals surface area contributed by atoms with Gasteiger partial charge in [0.25, 0.3) is 0 Å². The molecule has 0 bridgehead atoms. The zero-order valence-corrected chi connectivity index (χ0v) is 11.4. The third-order valence-corrected chi connectivity index (χ3v) is 3.81. The number of halogens is 4. The molecule has 0 radical (unpaired) electrons. The van der Waals surface area contributed by atoms with Gasteiger partial charge in [0.1, 0.15) is 0 Å². The van der Waals surface area contributed by atoms with E-state index in [9.17, 15) is 17.6 Å². The second-order valence-electron chi connectivity index (χ2n) is 5.70. The van der Waals surface area contributed by atoms with Crippen LogP contribution in [0.1, 0.15) is 43.6 Å². The van der Waals surface area contributed by atoms with E-state index in [1.54, 1.807) is 0 Å². The van der Waals surface area contributed by atoms with Crippen LogP contribution in [-0.4, -0.2) is 13.0 Å². The Morgan fingerprint density at radius 3 is 2.38 bits per heavy atom. The van der Waals surface area contributed by atoms with Crippen LogP contribution in [0.2, 0.25) is 0 Å². The second kappa shape index (κ2) is 5.39. The monoisotopic (exact) mass is 304 g/mol. The zero-order valence-electron chi connectivity index (χ0n) is 11.4. The molecule has 1 aromatic rings. The number of hydrogen-bond donors (Lipinski definition) is 0. The highest BCUT2D eigenvalue weighted by atomic mass is 19.4. The van der Waals surface area contributed by atoms with Crippen molar-refractivity contribution in [1.82, 2.24) is 0 Å². The largest absolute Gasteiger partial charge is 0.573 e. The van der Waals surface area contributed by atoms with Gasteiger partial charge < -0.3 is 9.47 Å². The molecule has 0 spiro atoms. The van der Waals surface area contributed by atoms with Crippen LogP contribution in [0.15, 0.2) is 12.1 Å². The fourth-order valence-electron chi connectivity index (χ4n) is 2.33. The maximum Gasteiger partial charge on any atom is 0.573 e. The first-order valence-corrected chi connectivity index (χ1v) is 7.15. The molecule has 0 unspecified atom stereocenters. The first-order chi connectivity index (χ1) is 9.94. The van der Waals surface area contributed by atoms with Gasteiger partial charge in [-0.25, -0.2) is 4.39 Å². The van der Waals surface area contributed by atoms with Crippen molar-refractivity contribution in [1.29, 1.82) is 0 Å². The van der Waals surface area contributed by atoms with Crippen molar-refractivity contribution in [2.24, 2.45) is 5.92 Å². The van der Waals surface area contributed by atoms with Crippen molar-refractivity contribution in [3.63, 3.8) is 0 Å². The lowest BCUT2D eigenvalue weighted by molar-refractivity contribution is -0.276. The second-order valence-corrected chi connectivity index (χ2v) is 5.70. The Hall–Kier alpha value is -1.46. The molecule has 0 heterocycles. The number of benzene rings is 1. The summed E-state index contributed by atoms with van der Waals surface area (Å²) < 4.78 is 60.8. The number of rotatable bonds is 6. The van der Waals surface area contributed by atoms with Gasteiger partial charge >= 0.3 is 6.36 Å². The standard InChI is InChI=1S/C15H16F4O2/c16-13-11(10-3-4-10)5-6-12(14(13)21-15(17,18)19)20-8-7-9-1-2-9/h5-6,9-10H,1-4,7-8H2. The quantitative estimate of drug-likeness (QED) is 0.704. The van der Waals surface area contributed by atoms with E-state index >= 15 is 0 Å². The Morgan fingerprint density at radius 2 is 1.81 bits per heavy atom. The minimum absolute atomic E-state index is 0.00102. The average Bonchev–Trinajstić information content (AvgIpc) is 3.23. The van der Waals surface area contributed by atoms with Crippen LogP contribution in [0.3, 0.4) is 0 Å². The summed E-state index contributed by atoms with van der Waals surface area (Å²) >= 11 is 0. The lowest BCUT2D eigenvalue weighted by Crippen LogP contribution is -2.19. The average molecular weight is 304 g/mol. The molecule has 0 saturated heterocycles. The molecule has 2 nitrogen and oxygen atoms in total. The summed E-state index contributed by atoms with van der Waals surface area (Å²) in [6.45, 7) is 0.279. The summed E-state index contributed by atoms with van der Waals surface area (Å²) in [4.78, 5) is 0. The summed E-state index contributed by atoms with van der Waals surface area (Å²) in [5.74, 6) is -1.36. The lowest BCUT2D eigenvalue weighted by Gasteiger charge is -2.16. The predicted molar refractivity (Wildman–Crippen MR) is 67.9 cm³/mol. The highest BCUT2D eigenvalue weighted by molar-refractivity contribution is 5.46. The maximum atomic E-state index is 14.2. The van der Waals surface area contributed by atoms with Gasteiger partial charge in [0.2, 0.25) is 5.75 Å². The van der Waals surface area contributed by atoms with Crippen molar-refractivity contribution in [2.75, 3.05) is 6.61 Å². The van der Waals surface area contributed by atoms with Gasteiger partial charge in [-0.1, -0.05) is 18.9 Å². The van der Waals surface area contributed by atoms with Crippen molar-refractivity contribution in [3.8, 4) is 11.5 Å². The number of hydrogen-bond acceptors (Lipinski definition) is 2. The van der Waals surface area contributed by atoms with E-state index in [-0.39, 0.29) is 23.8 Å². The molecule has 6 heteroatoms. The highest BCUT2D eigenvalue weighted by Gasteiger charge is 2.37. The number of ether oxygens (including phenoxy) is 2. The molecule has 2 saturated carbocycles. The third kappa shape index (κ3) is 3.80. The van der Waals surface area contributed by atoms with Gasteiger partial charge in [0.05, 0.1) is 6.61 Å². The molecule has 0 atom stereocenters. The topological polar surface area (TPSA) is 18.5 Å². The Kier molecular flexibility index (Phi) is 3.71. The summed E-state index contributed by atoms with van der Waals surface area (Å²) in [5.41, 5.74) is 0.281. The van der Waals surface area contributed by atoms with Gasteiger partial charge in [-0.3, -0.25) is 0 Å². The Labute approximate surface area is 120 Å². The summed E-state index contributed by atoms with van der Waals surface area (Å²) in [6, 6.07) is 2.88. The Morgan fingerprint density at radius 1 is 1.10 bits per heavy atom. The SMILES string of the molecule is Fc1c(C2CC2)ccc(OCCC2CC2)c1OC(F)(F)F. The van der Waals surface area contributed by atoms with Crippen LogP contribution in [0.5, 0.6) is 11.5 Å². The van der Waals surface area contributed by atoms with Crippen molar-refractivity contribution < 1.29 is 27.0 Å². The van der Waals surface area contributed by atoms with E-state index < -0.39 is 17.9 Å². The summed E-state index contributed by atoms with van der Waals surface area (Å²) in [5, 5.41) is 0. The number of alkyl halides is 3. The minimum Gasteiger partial charge on any atom is -0.490 e. The van der Waals surface area contributed by atoms with Crippen molar-refractivity contribution in [2.45, 2.75) is 44.4 Å². The lowest BCUT2D eigenvalue weighted by atomic mass is 10.1. The van der Waals surface area contributed by atoms with Crippen LogP contribution in [0.25, 0.3) is 0 Å². The van der Waals surface area contributed by atoms with Gasteiger partial charge in [0.15, 0.2) is 11.6 Å². The van der Waals surface area contributed by atoms with Crippen LogP contribution in [0, 0.1) is 11.7 Å². The molecule has 0 aromatic heterocycles. The fourth-order valence-corrected chi connectivity index (χ4v) is 2.33.